The summed E-state index contributed by atoms with van der Waals surface area (Å²) in [4.78, 5) is 18.6. The molecule has 0 saturated carbocycles. The minimum absolute atomic E-state index is 0. The third-order valence-electron chi connectivity index (χ3n) is 0.167. The summed E-state index contributed by atoms with van der Waals surface area (Å²) in [6.07, 6.45) is 0. The Kier molecular flexibility index (Phi) is 23.0. The summed E-state index contributed by atoms with van der Waals surface area (Å²) in [5.74, 6) is 0. The van der Waals surface area contributed by atoms with Crippen LogP contribution in [0.4, 0.5) is 0 Å². The number of aliphatic hydroxyl groups is 1. The first-order valence-corrected chi connectivity index (χ1v) is 4.79. The van der Waals surface area contributed by atoms with Crippen LogP contribution in [0.15, 0.2) is 0 Å². The molecule has 0 aromatic heterocycles. The van der Waals surface area contributed by atoms with Gasteiger partial charge in [-0.05, 0) is 0 Å². The first-order chi connectivity index (χ1) is 4.54. The zero-order chi connectivity index (χ0) is 8.57. The second-order valence-corrected chi connectivity index (χ2v) is 2.78. The van der Waals surface area contributed by atoms with E-state index in [-0.39, 0.29) is 29.1 Å². The molecule has 1 N–H and O–H groups in total. The predicted octanol–water partition coefficient (Wildman–Crippen LogP) is -1.70. The number of hydrogen-bond donors (Lipinski definition) is 1. The van der Waals surface area contributed by atoms with Crippen molar-refractivity contribution < 1.29 is 28.3 Å². The number of hydrogen-bond acceptors (Lipinski definition) is 6. The molecule has 0 aliphatic carbocycles. The number of alkyl halides is 1. The van der Waals surface area contributed by atoms with Crippen LogP contribution >= 0.6 is 28.1 Å². The Balaban J connectivity index is -0.000000140. The van der Waals surface area contributed by atoms with E-state index in [4.69, 9.17) is 5.11 Å². The first kappa shape index (κ1) is 18.2. The van der Waals surface area contributed by atoms with Crippen molar-refractivity contribution in [3.8, 4) is 0 Å². The van der Waals surface area contributed by atoms with E-state index in [2.05, 4.69) is 15.9 Å². The van der Waals surface area contributed by atoms with Gasteiger partial charge in [-0.3, -0.25) is 4.31 Å². The molecule has 0 bridgehead atoms. The molecule has 2 atom stereocenters. The fraction of sp³-hybridized carbons (Fsp3) is 1.00. The average Bonchev–Trinajstić information content (AvgIpc) is 1.62. The van der Waals surface area contributed by atoms with Crippen LogP contribution in [-0.2, 0) is 13.4 Å². The Morgan fingerprint density at radius 3 is 1.55 bits per heavy atom. The van der Waals surface area contributed by atoms with Crippen molar-refractivity contribution in [1.29, 1.82) is 0 Å². The smallest absolute Gasteiger partial charge is 0.781 e. The fourth-order valence-electron chi connectivity index (χ4n) is 0.0680. The van der Waals surface area contributed by atoms with Crippen molar-refractivity contribution in [2.24, 2.45) is 0 Å². The van der Waals surface area contributed by atoms with Crippen LogP contribution in [0.25, 0.3) is 0 Å². The molecule has 0 aromatic carbocycles. The quantitative estimate of drug-likeness (QED) is 0.346. The van der Waals surface area contributed by atoms with E-state index in [1.54, 1.807) is 0 Å². The molecule has 6 nitrogen and oxygen atoms in total. The SMILES string of the molecule is O=[PH]([O-])O[PH](=O)[O-].OCCl.[Mg+2]. The van der Waals surface area contributed by atoms with Crippen LogP contribution in [0.5, 0.6) is 0 Å². The molecule has 11 heavy (non-hydrogen) atoms. The van der Waals surface area contributed by atoms with Gasteiger partial charge in [0.15, 0.2) is 0 Å². The van der Waals surface area contributed by atoms with Crippen LogP contribution in [0.3, 0.4) is 0 Å². The minimum Gasteiger partial charge on any atom is -0.781 e. The Labute approximate surface area is 85.6 Å². The molecule has 0 heterocycles. The summed E-state index contributed by atoms with van der Waals surface area (Å²) in [6.45, 7) is 0. The molecule has 0 radical (unpaired) electrons. The van der Waals surface area contributed by atoms with Gasteiger partial charge in [0.2, 0.25) is 0 Å². The van der Waals surface area contributed by atoms with E-state index in [9.17, 15) is 18.9 Å². The van der Waals surface area contributed by atoms with Gasteiger partial charge in [0.05, 0.1) is 0 Å². The predicted molar refractivity (Wildman–Crippen MR) is 37.8 cm³/mol. The molecule has 0 saturated heterocycles. The third kappa shape index (κ3) is 34.7. The Morgan fingerprint density at radius 2 is 1.55 bits per heavy atom. The van der Waals surface area contributed by atoms with Crippen LogP contribution in [0, 0.1) is 0 Å². The third-order valence-corrected chi connectivity index (χ3v) is 1.50. The second-order valence-electron chi connectivity index (χ2n) is 0.722. The van der Waals surface area contributed by atoms with Gasteiger partial charge in [-0.2, -0.15) is 0 Å². The maximum atomic E-state index is 9.29. The standard InChI is InChI=1S/CH3ClO.Mg.H4O5P2/c2-1-3;;1-6(2)5-7(3)4/h3H,1H2;;6-7H,(H,1,2)(H,3,4)/q;+2;/p-2. The summed E-state index contributed by atoms with van der Waals surface area (Å²) in [5.41, 5.74) is 0. The number of rotatable bonds is 2. The second kappa shape index (κ2) is 13.9. The van der Waals surface area contributed by atoms with E-state index in [0.717, 1.165) is 0 Å². The van der Waals surface area contributed by atoms with Gasteiger partial charge >= 0.3 is 23.1 Å². The van der Waals surface area contributed by atoms with E-state index in [1.165, 1.54) is 0 Å². The van der Waals surface area contributed by atoms with E-state index in [1.807, 2.05) is 0 Å². The van der Waals surface area contributed by atoms with E-state index >= 15 is 0 Å². The molecule has 64 valence electrons. The molecule has 2 unspecified atom stereocenters. The van der Waals surface area contributed by atoms with Crippen molar-refractivity contribution in [3.63, 3.8) is 0 Å². The average molecular weight is 235 g/mol. The summed E-state index contributed by atoms with van der Waals surface area (Å²) < 4.78 is 21.8. The van der Waals surface area contributed by atoms with Crippen LogP contribution in [-0.4, -0.2) is 34.2 Å². The van der Waals surface area contributed by atoms with Crippen molar-refractivity contribution in [2.75, 3.05) is 6.07 Å². The van der Waals surface area contributed by atoms with Gasteiger partial charge in [-0.15, -0.1) is 0 Å². The van der Waals surface area contributed by atoms with Gasteiger partial charge in [-0.1, -0.05) is 11.6 Å². The largest absolute Gasteiger partial charge is 2.00 e. The summed E-state index contributed by atoms with van der Waals surface area (Å²) in [5, 5.41) is 7.33. The summed E-state index contributed by atoms with van der Waals surface area (Å²) in [6, 6.07) is -0.278. The Hall–Kier alpha value is 1.36. The van der Waals surface area contributed by atoms with Crippen molar-refractivity contribution in [3.05, 3.63) is 0 Å². The van der Waals surface area contributed by atoms with Gasteiger partial charge in [0.25, 0.3) is 0 Å². The molecule has 0 aromatic rings. The Morgan fingerprint density at radius 1 is 1.36 bits per heavy atom. The molecule has 10 heteroatoms. The molecule has 0 rings (SSSR count). The van der Waals surface area contributed by atoms with E-state index in [0.29, 0.717) is 0 Å². The molecule has 0 aliphatic rings. The summed E-state index contributed by atoms with van der Waals surface area (Å²) in [7, 11) is -7.03. The maximum absolute atomic E-state index is 9.29. The molecule has 0 amide bonds. The Bertz CT molecular complexity index is 107. The molecule has 0 fully saturated rings. The number of halogens is 1. The van der Waals surface area contributed by atoms with Crippen LogP contribution < -0.4 is 9.79 Å². The van der Waals surface area contributed by atoms with Gasteiger partial charge in [-0.25, -0.2) is 0 Å². The van der Waals surface area contributed by atoms with Gasteiger partial charge in [0, 0.05) is 0 Å². The minimum atomic E-state index is -3.51. The normalized spacial score (nSPS) is 13.5. The zero-order valence-electron chi connectivity index (χ0n) is 5.28. The summed E-state index contributed by atoms with van der Waals surface area (Å²) >= 11 is 4.55. The van der Waals surface area contributed by atoms with Crippen molar-refractivity contribution in [1.82, 2.24) is 0 Å². The zero-order valence-corrected chi connectivity index (χ0v) is 9.45. The van der Waals surface area contributed by atoms with Crippen LogP contribution in [0.2, 0.25) is 0 Å². The first-order valence-electron chi connectivity index (χ1n) is 1.81. The van der Waals surface area contributed by atoms with Crippen LogP contribution in [0.1, 0.15) is 0 Å². The van der Waals surface area contributed by atoms with E-state index < -0.39 is 16.5 Å². The molecular formula is CH5ClMgO6P2. The topological polar surface area (TPSA) is 110 Å². The molecule has 0 aliphatic heterocycles. The number of aliphatic hydroxyl groups excluding tert-OH is 1. The van der Waals surface area contributed by atoms with Gasteiger partial charge < -0.3 is 24.0 Å². The fourth-order valence-corrected chi connectivity index (χ4v) is 0.612. The van der Waals surface area contributed by atoms with Crippen molar-refractivity contribution in [2.45, 2.75) is 0 Å². The van der Waals surface area contributed by atoms with Crippen molar-refractivity contribution >= 4 is 51.2 Å². The molecule has 0 spiro atoms. The maximum Gasteiger partial charge on any atom is 2.00 e. The van der Waals surface area contributed by atoms with Gasteiger partial charge in [0.1, 0.15) is 22.6 Å². The molecular weight excluding hydrogens is 230 g/mol. The monoisotopic (exact) mass is 234 g/mol.